The number of thiophene rings is 1. The highest BCUT2D eigenvalue weighted by Crippen LogP contribution is 2.42. The average Bonchev–Trinajstić information content (AvgIpc) is 3.85. The molecule has 1 aliphatic rings. The topological polar surface area (TPSA) is 90.5 Å². The summed E-state index contributed by atoms with van der Waals surface area (Å²) < 4.78 is 8.60. The van der Waals surface area contributed by atoms with Crippen LogP contribution in [0.2, 0.25) is 0 Å². The van der Waals surface area contributed by atoms with Gasteiger partial charge in [0.1, 0.15) is 17.2 Å². The molecule has 10 aromatic rings. The van der Waals surface area contributed by atoms with Gasteiger partial charge in [0.2, 0.25) is 0 Å². The quantitative estimate of drug-likeness (QED) is 0.168. The summed E-state index contributed by atoms with van der Waals surface area (Å²) in [4.78, 5) is 30.3. The number of aromatic nitrogens is 6. The van der Waals surface area contributed by atoms with Crippen LogP contribution in [0.1, 0.15) is 23.1 Å². The van der Waals surface area contributed by atoms with E-state index in [1.807, 2.05) is 103 Å². The number of furan rings is 1. The van der Waals surface area contributed by atoms with Crippen LogP contribution in [0, 0.1) is 0 Å². The molecule has 0 aliphatic heterocycles. The molecular weight excluding hydrogens is 709 g/mol. The second kappa shape index (κ2) is 13.3. The number of hydrogen-bond donors (Lipinski definition) is 0. The van der Waals surface area contributed by atoms with Gasteiger partial charge in [-0.15, -0.1) is 11.3 Å². The number of fused-ring (bicyclic) bond motifs is 6. The lowest BCUT2D eigenvalue weighted by molar-refractivity contribution is 0.527. The van der Waals surface area contributed by atoms with E-state index in [0.29, 0.717) is 41.4 Å². The van der Waals surface area contributed by atoms with Crippen molar-refractivity contribution in [2.45, 2.75) is 12.3 Å². The molecule has 0 saturated heterocycles. The van der Waals surface area contributed by atoms with Crippen LogP contribution in [0.15, 0.2) is 162 Å². The molecule has 0 fully saturated rings. The number of rotatable bonds is 6. The molecular formula is C48H30N6OS. The van der Waals surface area contributed by atoms with Crippen molar-refractivity contribution in [3.05, 3.63) is 175 Å². The van der Waals surface area contributed by atoms with Crippen LogP contribution in [-0.4, -0.2) is 29.9 Å². The molecule has 0 N–H and O–H groups in total. The summed E-state index contributed by atoms with van der Waals surface area (Å²) in [7, 11) is 0. The van der Waals surface area contributed by atoms with E-state index >= 15 is 0 Å². The van der Waals surface area contributed by atoms with Crippen molar-refractivity contribution in [2.24, 2.45) is 0 Å². The molecule has 0 bridgehead atoms. The van der Waals surface area contributed by atoms with Gasteiger partial charge >= 0.3 is 0 Å². The van der Waals surface area contributed by atoms with Crippen LogP contribution in [0.4, 0.5) is 0 Å². The van der Waals surface area contributed by atoms with Gasteiger partial charge in [0.25, 0.3) is 0 Å². The van der Waals surface area contributed by atoms with Crippen molar-refractivity contribution in [3.63, 3.8) is 0 Å². The molecule has 1 aliphatic carbocycles. The van der Waals surface area contributed by atoms with Gasteiger partial charge in [-0.3, -0.25) is 0 Å². The van der Waals surface area contributed by atoms with Gasteiger partial charge < -0.3 is 4.42 Å². The Bertz CT molecular complexity index is 3060. The van der Waals surface area contributed by atoms with E-state index in [4.69, 9.17) is 34.3 Å². The first-order chi connectivity index (χ1) is 27.7. The zero-order valence-corrected chi connectivity index (χ0v) is 30.7. The van der Waals surface area contributed by atoms with Crippen LogP contribution in [0.3, 0.4) is 0 Å². The molecule has 6 aromatic carbocycles. The molecule has 56 heavy (non-hydrogen) atoms. The summed E-state index contributed by atoms with van der Waals surface area (Å²) in [6, 6.07) is 51.3. The fourth-order valence-electron chi connectivity index (χ4n) is 7.59. The van der Waals surface area contributed by atoms with E-state index in [9.17, 15) is 0 Å². The van der Waals surface area contributed by atoms with Crippen molar-refractivity contribution >= 4 is 48.6 Å². The Morgan fingerprint density at radius 3 is 1.77 bits per heavy atom. The monoisotopic (exact) mass is 738 g/mol. The Kier molecular flexibility index (Phi) is 7.67. The normalized spacial score (nSPS) is 13.8. The minimum atomic E-state index is -0.0739. The molecule has 11 rings (SSSR count). The molecule has 0 spiro atoms. The largest absolute Gasteiger partial charge is 0.460 e. The summed E-state index contributed by atoms with van der Waals surface area (Å²) in [5, 5.41) is 3.36. The first-order valence-electron chi connectivity index (χ1n) is 18.5. The Balaban J connectivity index is 1.04. The molecule has 8 heteroatoms. The summed E-state index contributed by atoms with van der Waals surface area (Å²) in [5.41, 5.74) is 6.73. The Labute approximate surface area is 325 Å². The number of allylic oxidation sites excluding steroid dienone is 1. The van der Waals surface area contributed by atoms with Gasteiger partial charge in [0.15, 0.2) is 29.1 Å². The third-order valence-corrected chi connectivity index (χ3v) is 11.4. The molecule has 1 unspecified atom stereocenters. The third kappa shape index (κ3) is 5.66. The van der Waals surface area contributed by atoms with Gasteiger partial charge in [0, 0.05) is 71.3 Å². The Hall–Kier alpha value is -7.16. The van der Waals surface area contributed by atoms with Crippen LogP contribution in [0.5, 0.6) is 0 Å². The Morgan fingerprint density at radius 1 is 0.482 bits per heavy atom. The molecule has 7 nitrogen and oxygen atoms in total. The third-order valence-electron chi connectivity index (χ3n) is 10.3. The van der Waals surface area contributed by atoms with E-state index in [0.717, 1.165) is 70.3 Å². The fraction of sp³-hybridized carbons (Fsp3) is 0.0417. The molecule has 0 saturated carbocycles. The summed E-state index contributed by atoms with van der Waals surface area (Å²) in [6.07, 6.45) is 5.03. The molecule has 1 atom stereocenters. The lowest BCUT2D eigenvalue weighted by Crippen LogP contribution is -2.11. The van der Waals surface area contributed by atoms with Crippen molar-refractivity contribution in [3.8, 4) is 56.9 Å². The summed E-state index contributed by atoms with van der Waals surface area (Å²) in [6.45, 7) is 0. The van der Waals surface area contributed by atoms with E-state index in [1.165, 1.54) is 0 Å². The second-order valence-electron chi connectivity index (χ2n) is 13.8. The number of para-hydroxylation sites is 1. The van der Waals surface area contributed by atoms with Crippen LogP contribution < -0.4 is 0 Å². The number of benzene rings is 6. The van der Waals surface area contributed by atoms with Gasteiger partial charge in [-0.1, -0.05) is 146 Å². The maximum atomic E-state index is 6.33. The molecule has 4 heterocycles. The van der Waals surface area contributed by atoms with Crippen molar-refractivity contribution in [2.75, 3.05) is 0 Å². The summed E-state index contributed by atoms with van der Waals surface area (Å²) in [5.74, 6) is 4.78. The van der Waals surface area contributed by atoms with Crippen molar-refractivity contribution in [1.82, 2.24) is 29.9 Å². The predicted molar refractivity (Wildman–Crippen MR) is 225 cm³/mol. The predicted octanol–water partition coefficient (Wildman–Crippen LogP) is 11.9. The fourth-order valence-corrected chi connectivity index (χ4v) is 8.76. The van der Waals surface area contributed by atoms with Gasteiger partial charge in [-0.05, 0) is 18.2 Å². The highest BCUT2D eigenvalue weighted by molar-refractivity contribution is 7.26. The SMILES string of the molecule is C1=CC(c2nc(-c3ccccc3)nc(-c3cccc4sc5cc(-c6nc(-c7ccccc7)nc(-c7ccccc7)n6)ccc5c34)n2)Cc2oc3ccccc3c21. The van der Waals surface area contributed by atoms with Crippen LogP contribution in [-0.2, 0) is 6.42 Å². The Morgan fingerprint density at radius 2 is 1.07 bits per heavy atom. The van der Waals surface area contributed by atoms with Crippen LogP contribution >= 0.6 is 11.3 Å². The van der Waals surface area contributed by atoms with Gasteiger partial charge in [-0.25, -0.2) is 29.9 Å². The summed E-state index contributed by atoms with van der Waals surface area (Å²) >= 11 is 1.74. The second-order valence-corrected chi connectivity index (χ2v) is 14.9. The van der Waals surface area contributed by atoms with E-state index in [-0.39, 0.29) is 5.92 Å². The number of hydrogen-bond acceptors (Lipinski definition) is 8. The highest BCUT2D eigenvalue weighted by atomic mass is 32.1. The number of nitrogens with zero attached hydrogens (tertiary/aromatic N) is 6. The minimum Gasteiger partial charge on any atom is -0.460 e. The lowest BCUT2D eigenvalue weighted by Gasteiger charge is -2.17. The van der Waals surface area contributed by atoms with E-state index in [2.05, 4.69) is 60.7 Å². The van der Waals surface area contributed by atoms with Crippen molar-refractivity contribution < 1.29 is 4.42 Å². The van der Waals surface area contributed by atoms with Gasteiger partial charge in [0.05, 0.1) is 0 Å². The molecule has 264 valence electrons. The van der Waals surface area contributed by atoms with Crippen LogP contribution in [0.25, 0.3) is 94.2 Å². The van der Waals surface area contributed by atoms with E-state index < -0.39 is 0 Å². The minimum absolute atomic E-state index is 0.0739. The highest BCUT2D eigenvalue weighted by Gasteiger charge is 2.25. The average molecular weight is 739 g/mol. The van der Waals surface area contributed by atoms with Crippen molar-refractivity contribution in [1.29, 1.82) is 0 Å². The smallest absolute Gasteiger partial charge is 0.164 e. The van der Waals surface area contributed by atoms with Gasteiger partial charge in [-0.2, -0.15) is 0 Å². The lowest BCUT2D eigenvalue weighted by atomic mass is 9.93. The molecule has 0 amide bonds. The zero-order chi connectivity index (χ0) is 37.0. The first-order valence-corrected chi connectivity index (χ1v) is 19.4. The standard InChI is InChI=1S/C48H30N6OS/c1-4-13-29(14-5-1)43-49-44(30-15-6-2-7-16-30)51-47(50-43)33-24-26-36-41(28-33)56-40-22-12-20-37(42(36)40)48-53-45(31-17-8-3-9-18-31)52-46(54-48)32-23-25-35-34-19-10-11-21-38(34)55-39(35)27-32/h1-26,28,32H,27H2. The maximum Gasteiger partial charge on any atom is 0.164 e. The zero-order valence-electron chi connectivity index (χ0n) is 29.9. The van der Waals surface area contributed by atoms with E-state index in [1.54, 1.807) is 11.3 Å². The molecule has 4 aromatic heterocycles. The maximum absolute atomic E-state index is 6.33. The first kappa shape index (κ1) is 32.3. The molecule has 0 radical (unpaired) electrons.